The fourth-order valence-electron chi connectivity index (χ4n) is 2.81. The zero-order valence-corrected chi connectivity index (χ0v) is 13.9. The molecule has 132 valence electrons. The molecule has 4 aromatic rings. The van der Waals surface area contributed by atoms with Crippen molar-refractivity contribution in [2.45, 2.75) is 19.8 Å². The molecule has 5 nitrogen and oxygen atoms in total. The van der Waals surface area contributed by atoms with Gasteiger partial charge in [-0.05, 0) is 24.3 Å². The third-order valence-electron chi connectivity index (χ3n) is 4.06. The van der Waals surface area contributed by atoms with Gasteiger partial charge in [-0.25, -0.2) is 18.2 Å². The first-order valence-corrected chi connectivity index (χ1v) is 7.89. The Morgan fingerprint density at radius 2 is 1.77 bits per heavy atom. The van der Waals surface area contributed by atoms with Gasteiger partial charge in [-0.15, -0.1) is 10.2 Å². The largest absolute Gasteiger partial charge is 0.443 e. The Labute approximate surface area is 146 Å². The highest BCUT2D eigenvalue weighted by molar-refractivity contribution is 5.77. The van der Waals surface area contributed by atoms with Crippen LogP contribution in [0.4, 0.5) is 13.2 Å². The summed E-state index contributed by atoms with van der Waals surface area (Å²) in [5, 5.41) is 8.21. The van der Waals surface area contributed by atoms with Gasteiger partial charge in [0, 0.05) is 17.7 Å². The van der Waals surface area contributed by atoms with Crippen molar-refractivity contribution in [2.75, 3.05) is 0 Å². The van der Waals surface area contributed by atoms with Gasteiger partial charge >= 0.3 is 0 Å². The van der Waals surface area contributed by atoms with Gasteiger partial charge in [0.1, 0.15) is 17.3 Å². The highest BCUT2D eigenvalue weighted by atomic mass is 19.2. The Hall–Kier alpha value is -3.16. The highest BCUT2D eigenvalue weighted by Gasteiger charge is 2.23. The van der Waals surface area contributed by atoms with Gasteiger partial charge in [0.25, 0.3) is 0 Å². The minimum absolute atomic E-state index is 0.113. The lowest BCUT2D eigenvalue weighted by Gasteiger charge is -2.07. The second-order valence-corrected chi connectivity index (χ2v) is 6.11. The van der Waals surface area contributed by atoms with Crippen LogP contribution in [0.5, 0.6) is 0 Å². The predicted octanol–water partition coefficient (Wildman–Crippen LogP) is 4.59. The number of nitrogens with zero attached hydrogens (tertiary/aromatic N) is 4. The second-order valence-electron chi connectivity index (χ2n) is 6.11. The topological polar surface area (TPSA) is 56.2 Å². The molecule has 3 aromatic heterocycles. The molecule has 0 aliphatic rings. The molecular formula is C18H13F3N4O. The number of oxazole rings is 1. The van der Waals surface area contributed by atoms with Crippen LogP contribution >= 0.6 is 0 Å². The molecule has 0 spiro atoms. The summed E-state index contributed by atoms with van der Waals surface area (Å²) >= 11 is 0. The number of aromatic nitrogens is 4. The summed E-state index contributed by atoms with van der Waals surface area (Å²) in [5.41, 5.74) is 0.455. The average Bonchev–Trinajstić information content (AvgIpc) is 3.24. The Morgan fingerprint density at radius 1 is 1.00 bits per heavy atom. The maximum atomic E-state index is 14.2. The summed E-state index contributed by atoms with van der Waals surface area (Å²) in [5.74, 6) is -2.43. The molecule has 0 saturated carbocycles. The van der Waals surface area contributed by atoms with Crippen LogP contribution in [0, 0.1) is 17.5 Å². The van der Waals surface area contributed by atoms with Gasteiger partial charge in [-0.3, -0.25) is 4.40 Å². The monoisotopic (exact) mass is 358 g/mol. The Balaban J connectivity index is 1.92. The first-order valence-electron chi connectivity index (χ1n) is 7.89. The van der Waals surface area contributed by atoms with Crippen LogP contribution in [0.2, 0.25) is 0 Å². The van der Waals surface area contributed by atoms with Crippen molar-refractivity contribution in [3.8, 4) is 22.6 Å². The molecule has 0 saturated heterocycles. The van der Waals surface area contributed by atoms with E-state index < -0.39 is 23.0 Å². The van der Waals surface area contributed by atoms with Crippen molar-refractivity contribution in [3.63, 3.8) is 0 Å². The number of rotatable bonds is 3. The van der Waals surface area contributed by atoms with Crippen molar-refractivity contribution in [2.24, 2.45) is 0 Å². The van der Waals surface area contributed by atoms with Gasteiger partial charge in [0.15, 0.2) is 29.4 Å². The summed E-state index contributed by atoms with van der Waals surface area (Å²) < 4.78 is 49.0. The molecule has 0 fully saturated rings. The SMILES string of the molecule is CC(C)c1nnc2ccc(-c3ocnc3-c3c(F)ccc(F)c3F)cn12. The molecule has 0 aliphatic heterocycles. The van der Waals surface area contributed by atoms with Gasteiger partial charge in [-0.1, -0.05) is 13.8 Å². The summed E-state index contributed by atoms with van der Waals surface area (Å²) in [4.78, 5) is 3.90. The van der Waals surface area contributed by atoms with Crippen LogP contribution in [-0.2, 0) is 0 Å². The molecule has 0 unspecified atom stereocenters. The number of hydrogen-bond acceptors (Lipinski definition) is 4. The van der Waals surface area contributed by atoms with E-state index in [4.69, 9.17) is 4.42 Å². The number of benzene rings is 1. The first kappa shape index (κ1) is 16.3. The van der Waals surface area contributed by atoms with Crippen LogP contribution in [0.1, 0.15) is 25.6 Å². The average molecular weight is 358 g/mol. The van der Waals surface area contributed by atoms with E-state index in [1.807, 2.05) is 13.8 Å². The summed E-state index contributed by atoms with van der Waals surface area (Å²) in [7, 11) is 0. The molecule has 0 radical (unpaired) electrons. The third-order valence-corrected chi connectivity index (χ3v) is 4.06. The van der Waals surface area contributed by atoms with Crippen molar-refractivity contribution in [1.82, 2.24) is 19.6 Å². The smallest absolute Gasteiger partial charge is 0.182 e. The fourth-order valence-corrected chi connectivity index (χ4v) is 2.81. The minimum atomic E-state index is -1.31. The lowest BCUT2D eigenvalue weighted by Crippen LogP contribution is -1.98. The van der Waals surface area contributed by atoms with E-state index in [1.54, 1.807) is 22.7 Å². The molecule has 0 aliphatic carbocycles. The fraction of sp³-hybridized carbons (Fsp3) is 0.167. The Bertz CT molecular complexity index is 1120. The molecule has 0 N–H and O–H groups in total. The molecule has 26 heavy (non-hydrogen) atoms. The third kappa shape index (κ3) is 2.45. The molecular weight excluding hydrogens is 345 g/mol. The lowest BCUT2D eigenvalue weighted by molar-refractivity contribution is 0.498. The van der Waals surface area contributed by atoms with Gasteiger partial charge < -0.3 is 4.42 Å². The van der Waals surface area contributed by atoms with Gasteiger partial charge in [0.05, 0.1) is 5.56 Å². The standard InChI is InChI=1S/C18H13F3N4O/c1-9(2)18-24-23-13-6-3-10(7-25(13)18)17-16(22-8-26-17)14-11(19)4-5-12(20)15(14)21/h3-9H,1-2H3. The molecule has 0 bridgehead atoms. The zero-order chi connectivity index (χ0) is 18.4. The van der Waals surface area contributed by atoms with Crippen molar-refractivity contribution < 1.29 is 17.6 Å². The normalized spacial score (nSPS) is 11.6. The van der Waals surface area contributed by atoms with Crippen molar-refractivity contribution in [1.29, 1.82) is 0 Å². The lowest BCUT2D eigenvalue weighted by atomic mass is 10.1. The quantitative estimate of drug-likeness (QED) is 0.503. The van der Waals surface area contributed by atoms with Crippen LogP contribution in [0.3, 0.4) is 0 Å². The maximum Gasteiger partial charge on any atom is 0.182 e. The first-order chi connectivity index (χ1) is 12.5. The number of fused-ring (bicyclic) bond motifs is 1. The molecule has 0 amide bonds. The van der Waals surface area contributed by atoms with Crippen LogP contribution in [0.15, 0.2) is 41.3 Å². The van der Waals surface area contributed by atoms with Gasteiger partial charge in [0.2, 0.25) is 0 Å². The van der Waals surface area contributed by atoms with Gasteiger partial charge in [-0.2, -0.15) is 0 Å². The summed E-state index contributed by atoms with van der Waals surface area (Å²) in [6.07, 6.45) is 2.76. The van der Waals surface area contributed by atoms with E-state index in [9.17, 15) is 13.2 Å². The van der Waals surface area contributed by atoms with E-state index in [0.29, 0.717) is 11.2 Å². The molecule has 3 heterocycles. The van der Waals surface area contributed by atoms with Crippen LogP contribution < -0.4 is 0 Å². The van der Waals surface area contributed by atoms with E-state index in [1.165, 1.54) is 0 Å². The van der Waals surface area contributed by atoms with Crippen LogP contribution in [0.25, 0.3) is 28.2 Å². The minimum Gasteiger partial charge on any atom is -0.443 e. The summed E-state index contributed by atoms with van der Waals surface area (Å²) in [6, 6.07) is 4.96. The maximum absolute atomic E-state index is 14.2. The van der Waals surface area contributed by atoms with E-state index >= 15 is 0 Å². The van der Waals surface area contributed by atoms with E-state index in [2.05, 4.69) is 15.2 Å². The highest BCUT2D eigenvalue weighted by Crippen LogP contribution is 2.35. The van der Waals surface area contributed by atoms with Crippen molar-refractivity contribution in [3.05, 3.63) is 60.1 Å². The molecule has 0 atom stereocenters. The van der Waals surface area contributed by atoms with Crippen LogP contribution in [-0.4, -0.2) is 19.6 Å². The Kier molecular flexibility index (Phi) is 3.75. The molecule has 1 aromatic carbocycles. The predicted molar refractivity (Wildman–Crippen MR) is 87.9 cm³/mol. The molecule has 8 heteroatoms. The molecule has 4 rings (SSSR count). The number of halogens is 3. The van der Waals surface area contributed by atoms with Crippen molar-refractivity contribution >= 4 is 5.65 Å². The number of pyridine rings is 1. The van der Waals surface area contributed by atoms with E-state index in [0.717, 1.165) is 24.4 Å². The summed E-state index contributed by atoms with van der Waals surface area (Å²) in [6.45, 7) is 3.95. The van der Waals surface area contributed by atoms with E-state index in [-0.39, 0.29) is 17.4 Å². The second kappa shape index (κ2) is 5.98. The zero-order valence-electron chi connectivity index (χ0n) is 13.9. The Morgan fingerprint density at radius 3 is 2.54 bits per heavy atom. The number of hydrogen-bond donors (Lipinski definition) is 0.